The number of ether oxygens (including phenoxy) is 1. The summed E-state index contributed by atoms with van der Waals surface area (Å²) in [6.07, 6.45) is 2.51. The van der Waals surface area contributed by atoms with E-state index in [0.717, 1.165) is 24.3 Å². The number of hydrogen-bond acceptors (Lipinski definition) is 4. The Morgan fingerprint density at radius 1 is 1.35 bits per heavy atom. The average Bonchev–Trinajstić information content (AvgIpc) is 3.14. The van der Waals surface area contributed by atoms with Crippen LogP contribution in [0, 0.1) is 5.82 Å². The Morgan fingerprint density at radius 2 is 2.19 bits per heavy atom. The van der Waals surface area contributed by atoms with E-state index in [2.05, 4.69) is 20.6 Å². The lowest BCUT2D eigenvalue weighted by Gasteiger charge is -2.20. The molecule has 1 aromatic carbocycles. The minimum absolute atomic E-state index is 0.181. The third-order valence-corrected chi connectivity index (χ3v) is 4.43. The molecule has 2 heterocycles. The van der Waals surface area contributed by atoms with Crippen molar-refractivity contribution < 1.29 is 9.13 Å². The van der Waals surface area contributed by atoms with Gasteiger partial charge in [-0.05, 0) is 24.6 Å². The van der Waals surface area contributed by atoms with Crippen molar-refractivity contribution in [3.8, 4) is 5.75 Å². The second-order valence-corrected chi connectivity index (χ2v) is 6.12. The first-order valence-electron chi connectivity index (χ1n) is 8.66. The number of guanidine groups is 1. The number of nitrogens with one attached hydrogen (secondary N) is 2. The summed E-state index contributed by atoms with van der Waals surface area (Å²) in [5, 5.41) is 6.70. The monoisotopic (exact) mass is 357 g/mol. The van der Waals surface area contributed by atoms with Crippen LogP contribution >= 0.6 is 0 Å². The number of halogens is 1. The normalized spacial score (nSPS) is 17.3. The Hall–Kier alpha value is -2.83. The van der Waals surface area contributed by atoms with Crippen molar-refractivity contribution in [3.63, 3.8) is 0 Å². The van der Waals surface area contributed by atoms with Crippen LogP contribution in [-0.2, 0) is 6.54 Å². The molecule has 0 amide bonds. The highest BCUT2D eigenvalue weighted by Gasteiger charge is 2.25. The first-order chi connectivity index (χ1) is 12.7. The molecule has 0 spiro atoms. The third-order valence-electron chi connectivity index (χ3n) is 4.43. The summed E-state index contributed by atoms with van der Waals surface area (Å²) in [6, 6.07) is 11.1. The van der Waals surface area contributed by atoms with E-state index in [-0.39, 0.29) is 11.9 Å². The van der Waals surface area contributed by atoms with Gasteiger partial charge in [-0.25, -0.2) is 9.37 Å². The van der Waals surface area contributed by atoms with Gasteiger partial charge in [0.25, 0.3) is 0 Å². The molecule has 6 nitrogen and oxygen atoms in total. The number of nitrogens with zero attached hydrogens (tertiary/aromatic N) is 3. The molecule has 1 aromatic heterocycles. The van der Waals surface area contributed by atoms with Crippen LogP contribution in [0.1, 0.15) is 12.0 Å². The minimum atomic E-state index is -0.285. The maximum Gasteiger partial charge on any atom is 0.191 e. The fraction of sp³-hybridized carbons (Fsp3) is 0.368. The highest BCUT2D eigenvalue weighted by molar-refractivity contribution is 5.80. The summed E-state index contributed by atoms with van der Waals surface area (Å²) < 4.78 is 19.3. The number of anilines is 1. The first kappa shape index (κ1) is 18.0. The predicted molar refractivity (Wildman–Crippen MR) is 101 cm³/mol. The maximum absolute atomic E-state index is 13.9. The number of pyridine rings is 1. The number of para-hydroxylation sites is 1. The molecule has 1 atom stereocenters. The molecule has 2 aromatic rings. The Balaban J connectivity index is 1.55. The standard InChI is InChI=1S/C19H24FN5O/c1-21-19(23-12-14-6-3-4-8-17(14)26-2)24-15-9-11-25(13-15)18-16(20)7-5-10-22-18/h3-8,10,15H,9,11-13H2,1-2H3,(H2,21,23,24). The average molecular weight is 357 g/mol. The van der Waals surface area contributed by atoms with Crippen molar-refractivity contribution in [2.75, 3.05) is 32.1 Å². The van der Waals surface area contributed by atoms with Gasteiger partial charge in [0.05, 0.1) is 7.11 Å². The zero-order valence-electron chi connectivity index (χ0n) is 15.1. The van der Waals surface area contributed by atoms with Gasteiger partial charge in [-0.3, -0.25) is 4.99 Å². The van der Waals surface area contributed by atoms with Crippen LogP contribution in [0.15, 0.2) is 47.6 Å². The summed E-state index contributed by atoms with van der Waals surface area (Å²) in [7, 11) is 3.40. The Labute approximate surface area is 153 Å². The van der Waals surface area contributed by atoms with Crippen molar-refractivity contribution >= 4 is 11.8 Å². The molecule has 1 aliphatic rings. The molecule has 0 bridgehead atoms. The molecule has 0 saturated carbocycles. The van der Waals surface area contributed by atoms with E-state index < -0.39 is 0 Å². The molecular weight excluding hydrogens is 333 g/mol. The van der Waals surface area contributed by atoms with Crippen LogP contribution in [0.5, 0.6) is 5.75 Å². The lowest BCUT2D eigenvalue weighted by molar-refractivity contribution is 0.409. The Kier molecular flexibility index (Phi) is 5.88. The van der Waals surface area contributed by atoms with Crippen LogP contribution in [0.2, 0.25) is 0 Å². The largest absolute Gasteiger partial charge is 0.496 e. The topological polar surface area (TPSA) is 61.8 Å². The van der Waals surface area contributed by atoms with Crippen molar-refractivity contribution in [3.05, 3.63) is 54.0 Å². The Bertz CT molecular complexity index is 767. The van der Waals surface area contributed by atoms with Gasteiger partial charge in [-0.15, -0.1) is 0 Å². The summed E-state index contributed by atoms with van der Waals surface area (Å²) in [5.41, 5.74) is 1.06. The van der Waals surface area contributed by atoms with E-state index in [4.69, 9.17) is 4.74 Å². The molecule has 1 fully saturated rings. The van der Waals surface area contributed by atoms with Crippen LogP contribution in [-0.4, -0.2) is 44.2 Å². The van der Waals surface area contributed by atoms with Gasteiger partial charge in [-0.2, -0.15) is 0 Å². The maximum atomic E-state index is 13.9. The molecule has 3 rings (SSSR count). The first-order valence-corrected chi connectivity index (χ1v) is 8.66. The quantitative estimate of drug-likeness (QED) is 0.634. The summed E-state index contributed by atoms with van der Waals surface area (Å²) >= 11 is 0. The van der Waals surface area contributed by atoms with Crippen molar-refractivity contribution in [2.45, 2.75) is 19.0 Å². The lowest BCUT2D eigenvalue weighted by atomic mass is 10.2. The summed E-state index contributed by atoms with van der Waals surface area (Å²) in [4.78, 5) is 10.4. The molecule has 0 aliphatic carbocycles. The molecule has 0 radical (unpaired) electrons. The SMILES string of the molecule is CN=C(NCc1ccccc1OC)NC1CCN(c2ncccc2F)C1. The van der Waals surface area contributed by atoms with Gasteiger partial charge in [-0.1, -0.05) is 18.2 Å². The zero-order valence-corrected chi connectivity index (χ0v) is 15.1. The molecular formula is C19H24FN5O. The molecule has 7 heteroatoms. The van der Waals surface area contributed by atoms with E-state index in [1.165, 1.54) is 6.07 Å². The number of methoxy groups -OCH3 is 1. The summed E-state index contributed by atoms with van der Waals surface area (Å²) in [5.74, 6) is 1.68. The molecule has 26 heavy (non-hydrogen) atoms. The molecule has 2 N–H and O–H groups in total. The third kappa shape index (κ3) is 4.22. The smallest absolute Gasteiger partial charge is 0.191 e. The minimum Gasteiger partial charge on any atom is -0.496 e. The number of aromatic nitrogens is 1. The van der Waals surface area contributed by atoms with Gasteiger partial charge in [0.1, 0.15) is 5.75 Å². The van der Waals surface area contributed by atoms with E-state index in [1.54, 1.807) is 26.4 Å². The van der Waals surface area contributed by atoms with Gasteiger partial charge >= 0.3 is 0 Å². The number of hydrogen-bond donors (Lipinski definition) is 2. The second-order valence-electron chi connectivity index (χ2n) is 6.12. The summed E-state index contributed by atoms with van der Waals surface area (Å²) in [6.45, 7) is 2.05. The van der Waals surface area contributed by atoms with Gasteiger partial charge in [0.2, 0.25) is 0 Å². The molecule has 1 aliphatic heterocycles. The van der Waals surface area contributed by atoms with Gasteiger partial charge in [0, 0.05) is 44.5 Å². The fourth-order valence-electron chi connectivity index (χ4n) is 3.10. The predicted octanol–water partition coefficient (Wildman–Crippen LogP) is 2.17. The van der Waals surface area contributed by atoms with Crippen LogP contribution in [0.4, 0.5) is 10.2 Å². The zero-order chi connectivity index (χ0) is 18.4. The highest BCUT2D eigenvalue weighted by atomic mass is 19.1. The van der Waals surface area contributed by atoms with Crippen LogP contribution in [0.3, 0.4) is 0 Å². The molecule has 1 unspecified atom stereocenters. The van der Waals surface area contributed by atoms with E-state index in [1.807, 2.05) is 29.2 Å². The van der Waals surface area contributed by atoms with Crippen LogP contribution in [0.25, 0.3) is 0 Å². The van der Waals surface area contributed by atoms with Crippen molar-refractivity contribution in [2.24, 2.45) is 4.99 Å². The van der Waals surface area contributed by atoms with Gasteiger partial charge in [0.15, 0.2) is 17.6 Å². The number of benzene rings is 1. The lowest BCUT2D eigenvalue weighted by Crippen LogP contribution is -2.44. The van der Waals surface area contributed by atoms with Crippen LogP contribution < -0.4 is 20.3 Å². The van der Waals surface area contributed by atoms with E-state index >= 15 is 0 Å². The van der Waals surface area contributed by atoms with E-state index in [9.17, 15) is 4.39 Å². The molecule has 1 saturated heterocycles. The highest BCUT2D eigenvalue weighted by Crippen LogP contribution is 2.21. The fourth-order valence-corrected chi connectivity index (χ4v) is 3.10. The molecule has 138 valence electrons. The number of rotatable bonds is 5. The van der Waals surface area contributed by atoms with Crippen molar-refractivity contribution in [1.29, 1.82) is 0 Å². The van der Waals surface area contributed by atoms with E-state index in [0.29, 0.717) is 24.9 Å². The number of aliphatic imine (C=N–C) groups is 1. The second kappa shape index (κ2) is 8.51. The Morgan fingerprint density at radius 3 is 2.96 bits per heavy atom. The van der Waals surface area contributed by atoms with Gasteiger partial charge < -0.3 is 20.3 Å². The van der Waals surface area contributed by atoms with Crippen molar-refractivity contribution in [1.82, 2.24) is 15.6 Å².